The number of hydrogen-bond acceptors (Lipinski definition) is 2. The van der Waals surface area contributed by atoms with Crippen LogP contribution in [0.4, 0.5) is 0 Å². The van der Waals surface area contributed by atoms with E-state index >= 15 is 0 Å². The standard InChI is InChI=1S/C12H13ClN2/c1-7-5-9(6-14)10-3-4-11(13)8(2)12(10)15-7/h3-5H,6,14H2,1-2H3. The minimum Gasteiger partial charge on any atom is -0.326 e. The summed E-state index contributed by atoms with van der Waals surface area (Å²) in [5.74, 6) is 0. The quantitative estimate of drug-likeness (QED) is 0.803. The van der Waals surface area contributed by atoms with Crippen LogP contribution in [0.3, 0.4) is 0 Å². The lowest BCUT2D eigenvalue weighted by molar-refractivity contribution is 1.07. The molecule has 0 saturated heterocycles. The lowest BCUT2D eigenvalue weighted by Crippen LogP contribution is -2.00. The highest BCUT2D eigenvalue weighted by atomic mass is 35.5. The highest BCUT2D eigenvalue weighted by Crippen LogP contribution is 2.26. The van der Waals surface area contributed by atoms with Crippen molar-refractivity contribution in [1.29, 1.82) is 0 Å². The number of aromatic nitrogens is 1. The summed E-state index contributed by atoms with van der Waals surface area (Å²) in [4.78, 5) is 4.50. The van der Waals surface area contributed by atoms with Gasteiger partial charge in [0.25, 0.3) is 0 Å². The van der Waals surface area contributed by atoms with Crippen molar-refractivity contribution >= 4 is 22.5 Å². The number of hydrogen-bond donors (Lipinski definition) is 1. The van der Waals surface area contributed by atoms with Gasteiger partial charge in [-0.15, -0.1) is 0 Å². The van der Waals surface area contributed by atoms with Gasteiger partial charge in [0.1, 0.15) is 0 Å². The van der Waals surface area contributed by atoms with Crippen LogP contribution in [0.15, 0.2) is 18.2 Å². The van der Waals surface area contributed by atoms with E-state index in [1.54, 1.807) is 0 Å². The van der Waals surface area contributed by atoms with Gasteiger partial charge < -0.3 is 5.73 Å². The first kappa shape index (κ1) is 10.4. The van der Waals surface area contributed by atoms with Crippen molar-refractivity contribution < 1.29 is 0 Å². The second kappa shape index (κ2) is 3.80. The van der Waals surface area contributed by atoms with Gasteiger partial charge in [-0.05, 0) is 37.1 Å². The molecule has 2 N–H and O–H groups in total. The molecule has 0 saturated carbocycles. The molecule has 0 aliphatic heterocycles. The molecule has 3 heteroatoms. The average Bonchev–Trinajstić information content (AvgIpc) is 2.23. The summed E-state index contributed by atoms with van der Waals surface area (Å²) in [6, 6.07) is 5.91. The first-order valence-corrected chi connectivity index (χ1v) is 5.26. The molecule has 0 aliphatic carbocycles. The molecule has 15 heavy (non-hydrogen) atoms. The van der Waals surface area contributed by atoms with Crippen LogP contribution >= 0.6 is 11.6 Å². The molecule has 1 heterocycles. The number of nitrogens with zero attached hydrogens (tertiary/aromatic N) is 1. The minimum absolute atomic E-state index is 0.529. The summed E-state index contributed by atoms with van der Waals surface area (Å²) in [7, 11) is 0. The Morgan fingerprint density at radius 2 is 2.07 bits per heavy atom. The molecule has 78 valence electrons. The van der Waals surface area contributed by atoms with Gasteiger partial charge in [0.2, 0.25) is 0 Å². The first-order chi connectivity index (χ1) is 7.13. The molecule has 0 amide bonds. The van der Waals surface area contributed by atoms with Crippen molar-refractivity contribution in [3.63, 3.8) is 0 Å². The van der Waals surface area contributed by atoms with Gasteiger partial charge in [-0.3, -0.25) is 4.98 Å². The van der Waals surface area contributed by atoms with E-state index in [1.165, 1.54) is 0 Å². The maximum absolute atomic E-state index is 6.06. The monoisotopic (exact) mass is 220 g/mol. The predicted octanol–water partition coefficient (Wildman–Crippen LogP) is 2.96. The van der Waals surface area contributed by atoms with Gasteiger partial charge in [-0.1, -0.05) is 17.7 Å². The third-order valence-electron chi connectivity index (χ3n) is 2.60. The second-order valence-corrected chi connectivity index (χ2v) is 4.10. The predicted molar refractivity (Wildman–Crippen MR) is 64.1 cm³/mol. The molecule has 0 radical (unpaired) electrons. The Morgan fingerprint density at radius 3 is 2.73 bits per heavy atom. The Balaban J connectivity index is 2.89. The largest absolute Gasteiger partial charge is 0.326 e. The maximum atomic E-state index is 6.06. The van der Waals surface area contributed by atoms with Gasteiger partial charge in [-0.2, -0.15) is 0 Å². The van der Waals surface area contributed by atoms with Gasteiger partial charge in [0, 0.05) is 22.6 Å². The zero-order valence-electron chi connectivity index (χ0n) is 8.84. The van der Waals surface area contributed by atoms with E-state index in [9.17, 15) is 0 Å². The number of aryl methyl sites for hydroxylation is 2. The molecule has 0 spiro atoms. The van der Waals surface area contributed by atoms with E-state index in [-0.39, 0.29) is 0 Å². The molecule has 1 aromatic heterocycles. The summed E-state index contributed by atoms with van der Waals surface area (Å²) in [6.45, 7) is 4.48. The molecular weight excluding hydrogens is 208 g/mol. The maximum Gasteiger partial charge on any atom is 0.0752 e. The van der Waals surface area contributed by atoms with E-state index in [0.29, 0.717) is 6.54 Å². The second-order valence-electron chi connectivity index (χ2n) is 3.70. The zero-order valence-corrected chi connectivity index (χ0v) is 9.60. The number of nitrogens with two attached hydrogens (primary N) is 1. The minimum atomic E-state index is 0.529. The van der Waals surface area contributed by atoms with Crippen LogP contribution in [0.1, 0.15) is 16.8 Å². The van der Waals surface area contributed by atoms with Crippen LogP contribution in [0.25, 0.3) is 10.9 Å². The summed E-state index contributed by atoms with van der Waals surface area (Å²) >= 11 is 6.06. The normalized spacial score (nSPS) is 10.9. The highest BCUT2D eigenvalue weighted by Gasteiger charge is 2.07. The van der Waals surface area contributed by atoms with Gasteiger partial charge in [0.05, 0.1) is 5.52 Å². The zero-order chi connectivity index (χ0) is 11.0. The third kappa shape index (κ3) is 1.71. The van der Waals surface area contributed by atoms with Crippen molar-refractivity contribution in [1.82, 2.24) is 4.98 Å². The Hall–Kier alpha value is -1.12. The number of fused-ring (bicyclic) bond motifs is 1. The lowest BCUT2D eigenvalue weighted by atomic mass is 10.0. The Morgan fingerprint density at radius 1 is 1.33 bits per heavy atom. The van der Waals surface area contributed by atoms with Crippen LogP contribution in [0, 0.1) is 13.8 Å². The van der Waals surface area contributed by atoms with Crippen molar-refractivity contribution in [3.05, 3.63) is 40.0 Å². The fourth-order valence-corrected chi connectivity index (χ4v) is 1.94. The highest BCUT2D eigenvalue weighted by molar-refractivity contribution is 6.32. The van der Waals surface area contributed by atoms with Gasteiger partial charge in [0.15, 0.2) is 0 Å². The molecule has 0 unspecified atom stereocenters. The van der Waals surface area contributed by atoms with Crippen molar-refractivity contribution in [2.75, 3.05) is 0 Å². The molecule has 2 aromatic rings. The number of benzene rings is 1. The van der Waals surface area contributed by atoms with Crippen LogP contribution in [0.5, 0.6) is 0 Å². The summed E-state index contributed by atoms with van der Waals surface area (Å²) in [5, 5.41) is 1.86. The number of halogens is 1. The summed E-state index contributed by atoms with van der Waals surface area (Å²) in [6.07, 6.45) is 0. The van der Waals surface area contributed by atoms with Crippen LogP contribution in [-0.4, -0.2) is 4.98 Å². The van der Waals surface area contributed by atoms with E-state index < -0.39 is 0 Å². The number of rotatable bonds is 1. The van der Waals surface area contributed by atoms with Crippen LogP contribution < -0.4 is 5.73 Å². The van der Waals surface area contributed by atoms with E-state index in [1.807, 2.05) is 32.0 Å². The molecule has 0 fully saturated rings. The SMILES string of the molecule is Cc1cc(CN)c2ccc(Cl)c(C)c2n1. The van der Waals surface area contributed by atoms with Crippen molar-refractivity contribution in [2.24, 2.45) is 5.73 Å². The lowest BCUT2D eigenvalue weighted by Gasteiger charge is -2.08. The average molecular weight is 221 g/mol. The molecule has 0 aliphatic rings. The molecule has 0 atom stereocenters. The molecular formula is C12H13ClN2. The fourth-order valence-electron chi connectivity index (χ4n) is 1.79. The molecule has 2 rings (SSSR count). The van der Waals surface area contributed by atoms with Crippen molar-refractivity contribution in [2.45, 2.75) is 20.4 Å². The topological polar surface area (TPSA) is 38.9 Å². The van der Waals surface area contributed by atoms with Crippen LogP contribution in [-0.2, 0) is 6.54 Å². The first-order valence-electron chi connectivity index (χ1n) is 4.89. The van der Waals surface area contributed by atoms with E-state index in [0.717, 1.165) is 32.7 Å². The Bertz CT molecular complexity index is 521. The molecule has 2 nitrogen and oxygen atoms in total. The smallest absolute Gasteiger partial charge is 0.0752 e. The van der Waals surface area contributed by atoms with Crippen molar-refractivity contribution in [3.8, 4) is 0 Å². The van der Waals surface area contributed by atoms with Gasteiger partial charge >= 0.3 is 0 Å². The number of pyridine rings is 1. The summed E-state index contributed by atoms with van der Waals surface area (Å²) in [5.41, 5.74) is 9.80. The van der Waals surface area contributed by atoms with E-state index in [2.05, 4.69) is 4.98 Å². The molecule has 0 bridgehead atoms. The van der Waals surface area contributed by atoms with Crippen LogP contribution in [0.2, 0.25) is 5.02 Å². The Kier molecular flexibility index (Phi) is 2.63. The van der Waals surface area contributed by atoms with Gasteiger partial charge in [-0.25, -0.2) is 0 Å². The van der Waals surface area contributed by atoms with E-state index in [4.69, 9.17) is 17.3 Å². The molecule has 1 aromatic carbocycles. The Labute approximate surface area is 94.1 Å². The fraction of sp³-hybridized carbons (Fsp3) is 0.250. The third-order valence-corrected chi connectivity index (χ3v) is 3.01. The summed E-state index contributed by atoms with van der Waals surface area (Å²) < 4.78 is 0.